The minimum Gasteiger partial charge on any atom is -0.456 e. The Balaban J connectivity index is 1.06. The Bertz CT molecular complexity index is 3220. The predicted molar refractivity (Wildman–Crippen MR) is 229 cm³/mol. The summed E-state index contributed by atoms with van der Waals surface area (Å²) in [7, 11) is 0. The van der Waals surface area contributed by atoms with Crippen LogP contribution in [0.5, 0.6) is 0 Å². The van der Waals surface area contributed by atoms with E-state index in [0.717, 1.165) is 77.5 Å². The van der Waals surface area contributed by atoms with Crippen molar-refractivity contribution in [1.82, 2.24) is 19.5 Å². The van der Waals surface area contributed by atoms with Crippen LogP contribution in [0.15, 0.2) is 199 Å². The second kappa shape index (κ2) is 13.0. The first-order valence-corrected chi connectivity index (χ1v) is 18.8. The van der Waals surface area contributed by atoms with Gasteiger partial charge in [0, 0.05) is 43.9 Å². The van der Waals surface area contributed by atoms with Crippen molar-refractivity contribution in [2.75, 3.05) is 0 Å². The highest BCUT2D eigenvalue weighted by molar-refractivity contribution is 6.17. The zero-order valence-corrected chi connectivity index (χ0v) is 30.2. The molecule has 0 aliphatic carbocycles. The molecule has 0 saturated heterocycles. The molecule has 5 nitrogen and oxygen atoms in total. The van der Waals surface area contributed by atoms with Crippen LogP contribution < -0.4 is 0 Å². The maximum atomic E-state index is 6.66. The van der Waals surface area contributed by atoms with Crippen LogP contribution in [0, 0.1) is 0 Å². The van der Waals surface area contributed by atoms with E-state index in [9.17, 15) is 0 Å². The summed E-state index contributed by atoms with van der Waals surface area (Å²) in [5, 5.41) is 4.44. The molecule has 0 unspecified atom stereocenters. The van der Waals surface area contributed by atoms with Gasteiger partial charge in [0.05, 0.1) is 11.0 Å². The standard InChI is InChI=1S/C51H32N4O/c1-4-13-33(14-5-1)35-23-25-36(26-24-35)49-52-50(38-18-12-17-37(29-38)34-15-6-2-7-16-34)54-51(53-49)39-27-28-42-44-31-46-43(32-48(44)56-47(42)30-39)41-21-10-11-22-45(41)55(46)40-19-8-3-9-20-40/h1-32H. The topological polar surface area (TPSA) is 56.7 Å². The number of hydrogen-bond donors (Lipinski definition) is 0. The van der Waals surface area contributed by atoms with E-state index in [-0.39, 0.29) is 0 Å². The second-order valence-corrected chi connectivity index (χ2v) is 14.1. The number of para-hydroxylation sites is 2. The second-order valence-electron chi connectivity index (χ2n) is 14.1. The largest absolute Gasteiger partial charge is 0.456 e. The molecule has 0 N–H and O–H groups in total. The molecule has 0 bridgehead atoms. The van der Waals surface area contributed by atoms with Crippen molar-refractivity contribution in [2.45, 2.75) is 0 Å². The molecule has 0 aliphatic heterocycles. The molecular formula is C51H32N4O. The number of furan rings is 1. The van der Waals surface area contributed by atoms with Gasteiger partial charge in [-0.15, -0.1) is 0 Å². The maximum Gasteiger partial charge on any atom is 0.164 e. The smallest absolute Gasteiger partial charge is 0.164 e. The molecule has 0 saturated carbocycles. The Hall–Kier alpha value is -7.63. The average molecular weight is 717 g/mol. The van der Waals surface area contributed by atoms with E-state index in [4.69, 9.17) is 19.4 Å². The molecule has 11 rings (SSSR count). The fraction of sp³-hybridized carbons (Fsp3) is 0. The van der Waals surface area contributed by atoms with E-state index < -0.39 is 0 Å². The van der Waals surface area contributed by atoms with Crippen LogP contribution in [0.1, 0.15) is 0 Å². The van der Waals surface area contributed by atoms with Gasteiger partial charge < -0.3 is 8.98 Å². The summed E-state index contributed by atoms with van der Waals surface area (Å²) < 4.78 is 8.99. The highest BCUT2D eigenvalue weighted by Gasteiger charge is 2.18. The number of nitrogens with zero attached hydrogens (tertiary/aromatic N) is 4. The van der Waals surface area contributed by atoms with E-state index >= 15 is 0 Å². The van der Waals surface area contributed by atoms with E-state index in [1.165, 1.54) is 10.9 Å². The van der Waals surface area contributed by atoms with Crippen molar-refractivity contribution >= 4 is 43.7 Å². The summed E-state index contributed by atoms with van der Waals surface area (Å²) in [6, 6.07) is 67.4. The van der Waals surface area contributed by atoms with Crippen LogP contribution in [-0.4, -0.2) is 19.5 Å². The van der Waals surface area contributed by atoms with Crippen LogP contribution in [0.25, 0.3) is 106 Å². The molecular weight excluding hydrogens is 685 g/mol. The Labute approximate surface area is 322 Å². The first-order valence-electron chi connectivity index (χ1n) is 18.8. The van der Waals surface area contributed by atoms with Crippen molar-refractivity contribution in [3.63, 3.8) is 0 Å². The van der Waals surface area contributed by atoms with Gasteiger partial charge in [0.15, 0.2) is 17.5 Å². The normalized spacial score (nSPS) is 11.6. The Morgan fingerprint density at radius 3 is 1.55 bits per heavy atom. The van der Waals surface area contributed by atoms with E-state index in [1.54, 1.807) is 0 Å². The molecule has 3 heterocycles. The van der Waals surface area contributed by atoms with E-state index in [1.807, 2.05) is 12.1 Å². The average Bonchev–Trinajstić information content (AvgIpc) is 3.80. The van der Waals surface area contributed by atoms with Crippen LogP contribution >= 0.6 is 0 Å². The van der Waals surface area contributed by atoms with Gasteiger partial charge >= 0.3 is 0 Å². The monoisotopic (exact) mass is 716 g/mol. The van der Waals surface area contributed by atoms with Crippen molar-refractivity contribution in [3.05, 3.63) is 194 Å². The Kier molecular flexibility index (Phi) is 7.42. The lowest BCUT2D eigenvalue weighted by atomic mass is 10.0. The summed E-state index contributed by atoms with van der Waals surface area (Å²) in [5.41, 5.74) is 12.3. The molecule has 56 heavy (non-hydrogen) atoms. The number of rotatable bonds is 6. The quantitative estimate of drug-likeness (QED) is 0.172. The predicted octanol–water partition coefficient (Wildman–Crippen LogP) is 13.2. The van der Waals surface area contributed by atoms with Crippen molar-refractivity contribution < 1.29 is 4.42 Å². The Morgan fingerprint density at radius 1 is 0.304 bits per heavy atom. The van der Waals surface area contributed by atoms with Gasteiger partial charge in [-0.3, -0.25) is 0 Å². The molecule has 0 aliphatic rings. The van der Waals surface area contributed by atoms with E-state index in [0.29, 0.717) is 17.5 Å². The van der Waals surface area contributed by atoms with Gasteiger partial charge in [-0.1, -0.05) is 146 Å². The molecule has 11 aromatic rings. The Morgan fingerprint density at radius 2 is 0.821 bits per heavy atom. The first kappa shape index (κ1) is 31.9. The van der Waals surface area contributed by atoms with Gasteiger partial charge in [-0.2, -0.15) is 0 Å². The summed E-state index contributed by atoms with van der Waals surface area (Å²) >= 11 is 0. The van der Waals surface area contributed by atoms with Crippen molar-refractivity contribution in [3.8, 4) is 62.1 Å². The van der Waals surface area contributed by atoms with Crippen LogP contribution in [0.3, 0.4) is 0 Å². The summed E-state index contributed by atoms with van der Waals surface area (Å²) in [6.45, 7) is 0. The molecule has 0 amide bonds. The fourth-order valence-corrected chi connectivity index (χ4v) is 7.91. The minimum atomic E-state index is 0.580. The van der Waals surface area contributed by atoms with E-state index in [2.05, 4.69) is 187 Å². The third-order valence-electron chi connectivity index (χ3n) is 10.7. The van der Waals surface area contributed by atoms with Gasteiger partial charge in [0.2, 0.25) is 0 Å². The minimum absolute atomic E-state index is 0.580. The van der Waals surface area contributed by atoms with Crippen LogP contribution in [0.2, 0.25) is 0 Å². The van der Waals surface area contributed by atoms with Crippen LogP contribution in [0.4, 0.5) is 0 Å². The van der Waals surface area contributed by atoms with Gasteiger partial charge in [-0.25, -0.2) is 15.0 Å². The number of benzene rings is 8. The summed E-state index contributed by atoms with van der Waals surface area (Å²) in [4.78, 5) is 15.3. The molecule has 0 fully saturated rings. The third kappa shape index (κ3) is 5.45. The van der Waals surface area contributed by atoms with Crippen LogP contribution in [-0.2, 0) is 0 Å². The SMILES string of the molecule is c1ccc(-c2ccc(-c3nc(-c4cccc(-c5ccccc5)c4)nc(-c4ccc5c(c4)oc4cc6c7ccccc7n(-c7ccccc7)c6cc45)n3)cc2)cc1. The molecule has 0 atom stereocenters. The molecule has 0 radical (unpaired) electrons. The summed E-state index contributed by atoms with van der Waals surface area (Å²) in [6.07, 6.45) is 0. The highest BCUT2D eigenvalue weighted by atomic mass is 16.3. The molecule has 5 heteroatoms. The first-order chi connectivity index (χ1) is 27.7. The lowest BCUT2D eigenvalue weighted by Crippen LogP contribution is -2.00. The molecule has 3 aromatic heterocycles. The van der Waals surface area contributed by atoms with Gasteiger partial charge in [0.25, 0.3) is 0 Å². The molecule has 8 aromatic carbocycles. The van der Waals surface area contributed by atoms with Gasteiger partial charge in [-0.05, 0) is 70.8 Å². The number of aromatic nitrogens is 4. The third-order valence-corrected chi connectivity index (χ3v) is 10.7. The zero-order chi connectivity index (χ0) is 37.0. The van der Waals surface area contributed by atoms with Crippen molar-refractivity contribution in [1.29, 1.82) is 0 Å². The highest BCUT2D eigenvalue weighted by Crippen LogP contribution is 2.39. The van der Waals surface area contributed by atoms with Crippen molar-refractivity contribution in [2.24, 2.45) is 0 Å². The molecule has 0 spiro atoms. The summed E-state index contributed by atoms with van der Waals surface area (Å²) in [5.74, 6) is 1.79. The maximum absolute atomic E-state index is 6.66. The van der Waals surface area contributed by atoms with Gasteiger partial charge in [0.1, 0.15) is 11.2 Å². The fourth-order valence-electron chi connectivity index (χ4n) is 7.91. The number of hydrogen-bond acceptors (Lipinski definition) is 4. The molecule has 262 valence electrons. The lowest BCUT2D eigenvalue weighted by Gasteiger charge is -2.10. The number of fused-ring (bicyclic) bond motifs is 6. The zero-order valence-electron chi connectivity index (χ0n) is 30.2. The lowest BCUT2D eigenvalue weighted by molar-refractivity contribution is 0.669.